The summed E-state index contributed by atoms with van der Waals surface area (Å²) < 4.78 is 20.6. The predicted molar refractivity (Wildman–Crippen MR) is 133 cm³/mol. The average molecular weight is 531 g/mol. The Morgan fingerprint density at radius 3 is 1.32 bits per heavy atom. The van der Waals surface area contributed by atoms with Gasteiger partial charge in [-0.2, -0.15) is 0 Å². The number of carboxylic acid groups (broad SMARTS) is 2. The fourth-order valence-electron chi connectivity index (χ4n) is 3.28. The van der Waals surface area contributed by atoms with Crippen molar-refractivity contribution in [2.45, 2.75) is 26.7 Å². The number of esters is 2. The molecule has 38 heavy (non-hydrogen) atoms. The molecule has 0 radical (unpaired) electrons. The van der Waals surface area contributed by atoms with Crippen LogP contribution in [0.15, 0.2) is 36.4 Å². The molecule has 11 heteroatoms. The fourth-order valence-corrected chi connectivity index (χ4v) is 3.28. The Hall–Kier alpha value is -4.09. The van der Waals surface area contributed by atoms with Crippen LogP contribution in [0.5, 0.6) is 0 Å². The molecule has 0 saturated carbocycles. The summed E-state index contributed by atoms with van der Waals surface area (Å²) >= 11 is 0. The minimum absolute atomic E-state index is 0.0699. The number of ketones is 1. The van der Waals surface area contributed by atoms with Crippen molar-refractivity contribution in [2.75, 3.05) is 39.6 Å². The van der Waals surface area contributed by atoms with Crippen LogP contribution in [0, 0.1) is 0 Å². The normalized spacial score (nSPS) is 10.6. The Labute approximate surface area is 219 Å². The standard InChI is InChI=1S/C27H30O11/c1-3-9-35-11-13-37-26(33)21-15-17(5-7-19(21)24(29)30)23(28)18-6-8-20(25(31)32)22(16-18)27(34)38-14-12-36-10-4-2/h5-8,15-16H,3-4,9-14H2,1-2H3,(H,29,30)(H,31,32). The van der Waals surface area contributed by atoms with E-state index in [1.54, 1.807) is 0 Å². The maximum absolute atomic E-state index is 13.2. The van der Waals surface area contributed by atoms with E-state index in [2.05, 4.69) is 0 Å². The minimum atomic E-state index is -1.39. The summed E-state index contributed by atoms with van der Waals surface area (Å²) in [5.41, 5.74) is -1.55. The molecular weight excluding hydrogens is 500 g/mol. The van der Waals surface area contributed by atoms with Crippen molar-refractivity contribution in [3.63, 3.8) is 0 Å². The average Bonchev–Trinajstić information content (AvgIpc) is 2.91. The SMILES string of the molecule is CCCOCCOC(=O)c1cc(C(=O)c2ccc(C(=O)O)c(C(=O)OCCOCCC)c2)ccc1C(=O)O. The van der Waals surface area contributed by atoms with E-state index in [1.807, 2.05) is 13.8 Å². The molecule has 0 aliphatic heterocycles. The van der Waals surface area contributed by atoms with Crippen LogP contribution in [-0.4, -0.2) is 79.5 Å². The number of hydrogen-bond donors (Lipinski definition) is 2. The Balaban J connectivity index is 2.31. The third-order valence-corrected chi connectivity index (χ3v) is 5.08. The van der Waals surface area contributed by atoms with E-state index < -0.39 is 29.7 Å². The molecule has 2 aromatic rings. The van der Waals surface area contributed by atoms with Crippen LogP contribution >= 0.6 is 0 Å². The first-order chi connectivity index (χ1) is 18.2. The molecule has 0 fully saturated rings. The molecule has 11 nitrogen and oxygen atoms in total. The molecule has 0 bridgehead atoms. The summed E-state index contributed by atoms with van der Waals surface area (Å²) in [6, 6.07) is 6.76. The second-order valence-electron chi connectivity index (χ2n) is 7.96. The van der Waals surface area contributed by atoms with Gasteiger partial charge in [-0.15, -0.1) is 0 Å². The van der Waals surface area contributed by atoms with Crippen LogP contribution in [-0.2, 0) is 18.9 Å². The summed E-state index contributed by atoms with van der Waals surface area (Å²) in [6.07, 6.45) is 1.56. The van der Waals surface area contributed by atoms with Gasteiger partial charge in [-0.1, -0.05) is 26.0 Å². The largest absolute Gasteiger partial charge is 0.478 e. The molecule has 0 aliphatic rings. The molecule has 0 aromatic heterocycles. The quantitative estimate of drug-likeness (QED) is 0.186. The van der Waals surface area contributed by atoms with Crippen molar-refractivity contribution in [1.29, 1.82) is 0 Å². The van der Waals surface area contributed by atoms with Gasteiger partial charge in [0.25, 0.3) is 0 Å². The zero-order valence-corrected chi connectivity index (χ0v) is 21.2. The molecule has 0 amide bonds. The van der Waals surface area contributed by atoms with Gasteiger partial charge >= 0.3 is 23.9 Å². The smallest absolute Gasteiger partial charge is 0.339 e. The molecule has 2 rings (SSSR count). The molecule has 0 heterocycles. The van der Waals surface area contributed by atoms with Crippen molar-refractivity contribution in [3.8, 4) is 0 Å². The van der Waals surface area contributed by atoms with Crippen molar-refractivity contribution >= 4 is 29.7 Å². The van der Waals surface area contributed by atoms with Crippen molar-refractivity contribution in [1.82, 2.24) is 0 Å². The highest BCUT2D eigenvalue weighted by Crippen LogP contribution is 2.20. The zero-order chi connectivity index (χ0) is 28.1. The lowest BCUT2D eigenvalue weighted by atomic mass is 9.95. The van der Waals surface area contributed by atoms with Gasteiger partial charge in [0, 0.05) is 24.3 Å². The van der Waals surface area contributed by atoms with Crippen molar-refractivity contribution in [2.24, 2.45) is 0 Å². The first-order valence-electron chi connectivity index (χ1n) is 12.0. The van der Waals surface area contributed by atoms with Gasteiger partial charge in [0.2, 0.25) is 0 Å². The molecule has 204 valence electrons. The second-order valence-corrected chi connectivity index (χ2v) is 7.96. The Kier molecular flexibility index (Phi) is 12.1. The van der Waals surface area contributed by atoms with Crippen LogP contribution in [0.2, 0.25) is 0 Å². The third-order valence-electron chi connectivity index (χ3n) is 5.08. The molecule has 0 spiro atoms. The lowest BCUT2D eigenvalue weighted by Gasteiger charge is -2.11. The van der Waals surface area contributed by atoms with E-state index in [9.17, 15) is 34.2 Å². The van der Waals surface area contributed by atoms with E-state index in [0.29, 0.717) is 13.2 Å². The lowest BCUT2D eigenvalue weighted by molar-refractivity contribution is 0.0310. The van der Waals surface area contributed by atoms with Gasteiger partial charge in [0.05, 0.1) is 35.5 Å². The lowest BCUT2D eigenvalue weighted by Crippen LogP contribution is -2.17. The van der Waals surface area contributed by atoms with Crippen molar-refractivity contribution < 1.29 is 53.1 Å². The van der Waals surface area contributed by atoms with E-state index >= 15 is 0 Å². The predicted octanol–water partition coefficient (Wildman–Crippen LogP) is 3.48. The number of hydrogen-bond acceptors (Lipinski definition) is 9. The Morgan fingerprint density at radius 2 is 0.974 bits per heavy atom. The number of carbonyl (C=O) groups excluding carboxylic acids is 3. The number of benzene rings is 2. The highest BCUT2D eigenvalue weighted by molar-refractivity contribution is 6.13. The van der Waals surface area contributed by atoms with Gasteiger partial charge in [-0.3, -0.25) is 4.79 Å². The fraction of sp³-hybridized carbons (Fsp3) is 0.370. The summed E-state index contributed by atoms with van der Waals surface area (Å²) in [4.78, 5) is 61.5. The molecule has 0 aliphatic carbocycles. The Bertz CT molecular complexity index is 1080. The maximum Gasteiger partial charge on any atom is 0.339 e. The first-order valence-corrected chi connectivity index (χ1v) is 12.0. The summed E-state index contributed by atoms with van der Waals surface area (Å²) in [7, 11) is 0. The van der Waals surface area contributed by atoms with Crippen LogP contribution in [0.4, 0.5) is 0 Å². The zero-order valence-electron chi connectivity index (χ0n) is 21.2. The summed E-state index contributed by atoms with van der Waals surface area (Å²) in [5, 5.41) is 18.9. The topological polar surface area (TPSA) is 163 Å². The first kappa shape index (κ1) is 30.1. The molecular formula is C27H30O11. The molecule has 2 aromatic carbocycles. The van der Waals surface area contributed by atoms with Gasteiger partial charge in [-0.05, 0) is 37.1 Å². The molecule has 0 unspecified atom stereocenters. The summed E-state index contributed by atoms with van der Waals surface area (Å²) in [6.45, 7) is 4.82. The number of aromatic carboxylic acids is 2. The van der Waals surface area contributed by atoms with Gasteiger partial charge in [0.15, 0.2) is 5.78 Å². The highest BCUT2D eigenvalue weighted by Gasteiger charge is 2.24. The monoisotopic (exact) mass is 530 g/mol. The van der Waals surface area contributed by atoms with Crippen LogP contribution in [0.1, 0.15) is 84.0 Å². The van der Waals surface area contributed by atoms with Gasteiger partial charge in [-0.25, -0.2) is 19.2 Å². The second kappa shape index (κ2) is 15.2. The molecule has 2 N–H and O–H groups in total. The van der Waals surface area contributed by atoms with E-state index in [0.717, 1.165) is 37.1 Å². The Morgan fingerprint density at radius 1 is 0.579 bits per heavy atom. The van der Waals surface area contributed by atoms with E-state index in [-0.39, 0.29) is 59.8 Å². The number of carbonyl (C=O) groups is 5. The highest BCUT2D eigenvalue weighted by atomic mass is 16.6. The van der Waals surface area contributed by atoms with Gasteiger partial charge in [0.1, 0.15) is 13.2 Å². The minimum Gasteiger partial charge on any atom is -0.478 e. The number of ether oxygens (including phenoxy) is 4. The summed E-state index contributed by atoms with van der Waals surface area (Å²) in [5.74, 6) is -5.37. The maximum atomic E-state index is 13.2. The number of rotatable bonds is 16. The molecule has 0 atom stereocenters. The van der Waals surface area contributed by atoms with Crippen molar-refractivity contribution in [3.05, 3.63) is 69.8 Å². The van der Waals surface area contributed by atoms with E-state index in [4.69, 9.17) is 18.9 Å². The van der Waals surface area contributed by atoms with Crippen LogP contribution in [0.25, 0.3) is 0 Å². The van der Waals surface area contributed by atoms with Crippen LogP contribution < -0.4 is 0 Å². The number of carboxylic acids is 2. The van der Waals surface area contributed by atoms with Gasteiger partial charge < -0.3 is 29.2 Å². The molecule has 0 saturated heterocycles. The van der Waals surface area contributed by atoms with Crippen LogP contribution in [0.3, 0.4) is 0 Å². The van der Waals surface area contributed by atoms with E-state index in [1.165, 1.54) is 12.1 Å². The third kappa shape index (κ3) is 8.49.